The van der Waals surface area contributed by atoms with Gasteiger partial charge in [-0.15, -0.1) is 0 Å². The van der Waals surface area contributed by atoms with Crippen LogP contribution in [0.25, 0.3) is 0 Å². The fourth-order valence-corrected chi connectivity index (χ4v) is 2.50. The second kappa shape index (κ2) is 5.15. The third-order valence-corrected chi connectivity index (χ3v) is 3.18. The maximum atomic E-state index is 11.8. The molecule has 0 radical (unpaired) electrons. The Morgan fingerprint density at radius 3 is 2.53 bits per heavy atom. The first-order valence-corrected chi connectivity index (χ1v) is 6.47. The van der Waals surface area contributed by atoms with Gasteiger partial charge < -0.3 is 5.32 Å². The van der Waals surface area contributed by atoms with Crippen molar-refractivity contribution in [2.45, 2.75) is 20.3 Å². The Kier molecular flexibility index (Phi) is 3.59. The molecular weight excluding hydrogens is 230 g/mol. The summed E-state index contributed by atoms with van der Waals surface area (Å²) in [6.07, 6.45) is 0.441. The zero-order valence-corrected chi connectivity index (χ0v) is 10.8. The number of carbonyl (C=O) groups is 1. The van der Waals surface area contributed by atoms with Crippen molar-refractivity contribution in [1.82, 2.24) is 0 Å². The van der Waals surface area contributed by atoms with Crippen LogP contribution in [0.15, 0.2) is 35.0 Å². The van der Waals surface area contributed by atoms with Gasteiger partial charge in [0.1, 0.15) is 0 Å². The molecule has 3 heteroatoms. The summed E-state index contributed by atoms with van der Waals surface area (Å²) < 4.78 is 0. The molecule has 2 rings (SSSR count). The minimum Gasteiger partial charge on any atom is -0.326 e. The molecule has 0 atom stereocenters. The molecule has 1 N–H and O–H groups in total. The van der Waals surface area contributed by atoms with Crippen molar-refractivity contribution in [3.8, 4) is 0 Å². The first-order valence-electron chi connectivity index (χ1n) is 5.53. The zero-order chi connectivity index (χ0) is 12.3. The topological polar surface area (TPSA) is 29.1 Å². The Morgan fingerprint density at radius 2 is 1.94 bits per heavy atom. The average molecular weight is 245 g/mol. The summed E-state index contributed by atoms with van der Waals surface area (Å²) in [4.78, 5) is 11.8. The SMILES string of the molecule is Cc1cc(C)cc(NC(=O)Cc2ccsc2)c1. The Bertz CT molecular complexity index is 497. The summed E-state index contributed by atoms with van der Waals surface area (Å²) in [6, 6.07) is 8.04. The van der Waals surface area contributed by atoms with Gasteiger partial charge in [0, 0.05) is 5.69 Å². The van der Waals surface area contributed by atoms with E-state index in [1.165, 1.54) is 0 Å². The van der Waals surface area contributed by atoms with Crippen molar-refractivity contribution in [2.75, 3.05) is 5.32 Å². The second-order valence-electron chi connectivity index (χ2n) is 4.23. The van der Waals surface area contributed by atoms with Crippen LogP contribution in [-0.4, -0.2) is 5.91 Å². The standard InChI is InChI=1S/C14H15NOS/c1-10-5-11(2)7-13(6-10)15-14(16)8-12-3-4-17-9-12/h3-7,9H,8H2,1-2H3,(H,15,16). The molecule has 2 nitrogen and oxygen atoms in total. The quantitative estimate of drug-likeness (QED) is 0.880. The minimum absolute atomic E-state index is 0.0356. The van der Waals surface area contributed by atoms with Crippen LogP contribution in [0.3, 0.4) is 0 Å². The summed E-state index contributed by atoms with van der Waals surface area (Å²) >= 11 is 1.61. The van der Waals surface area contributed by atoms with Crippen LogP contribution in [0.5, 0.6) is 0 Å². The van der Waals surface area contributed by atoms with Crippen LogP contribution in [0.1, 0.15) is 16.7 Å². The molecule has 0 unspecified atom stereocenters. The predicted molar refractivity (Wildman–Crippen MR) is 72.6 cm³/mol. The summed E-state index contributed by atoms with van der Waals surface area (Å²) in [7, 11) is 0. The highest BCUT2D eigenvalue weighted by Gasteiger charge is 2.05. The Labute approximate surface area is 105 Å². The lowest BCUT2D eigenvalue weighted by Crippen LogP contribution is -2.14. The number of carbonyl (C=O) groups excluding carboxylic acids is 1. The number of thiophene rings is 1. The fraction of sp³-hybridized carbons (Fsp3) is 0.214. The first-order chi connectivity index (χ1) is 8.13. The number of rotatable bonds is 3. The van der Waals surface area contributed by atoms with E-state index < -0.39 is 0 Å². The average Bonchev–Trinajstić information content (AvgIpc) is 2.67. The van der Waals surface area contributed by atoms with Crippen LogP contribution in [-0.2, 0) is 11.2 Å². The molecule has 1 aromatic carbocycles. The smallest absolute Gasteiger partial charge is 0.228 e. The normalized spacial score (nSPS) is 10.2. The molecule has 1 heterocycles. The molecule has 1 aromatic heterocycles. The van der Waals surface area contributed by atoms with Gasteiger partial charge in [-0.05, 0) is 59.5 Å². The van der Waals surface area contributed by atoms with Crippen LogP contribution in [0.2, 0.25) is 0 Å². The third-order valence-electron chi connectivity index (χ3n) is 2.45. The van der Waals surface area contributed by atoms with E-state index in [0.717, 1.165) is 22.4 Å². The Morgan fingerprint density at radius 1 is 1.24 bits per heavy atom. The molecule has 0 saturated carbocycles. The van der Waals surface area contributed by atoms with E-state index in [2.05, 4.69) is 11.4 Å². The Balaban J connectivity index is 2.03. The summed E-state index contributed by atoms with van der Waals surface area (Å²) in [5.74, 6) is 0.0356. The molecule has 17 heavy (non-hydrogen) atoms. The number of anilines is 1. The maximum absolute atomic E-state index is 11.8. The lowest BCUT2D eigenvalue weighted by Gasteiger charge is -2.06. The monoisotopic (exact) mass is 245 g/mol. The van der Waals surface area contributed by atoms with E-state index in [1.54, 1.807) is 11.3 Å². The van der Waals surface area contributed by atoms with Gasteiger partial charge in [0.15, 0.2) is 0 Å². The number of hydrogen-bond acceptors (Lipinski definition) is 2. The lowest BCUT2D eigenvalue weighted by molar-refractivity contribution is -0.115. The molecule has 0 aliphatic carbocycles. The molecule has 0 aliphatic rings. The van der Waals surface area contributed by atoms with Crippen molar-refractivity contribution in [1.29, 1.82) is 0 Å². The van der Waals surface area contributed by atoms with Gasteiger partial charge in [-0.2, -0.15) is 11.3 Å². The summed E-state index contributed by atoms with van der Waals surface area (Å²) in [5, 5.41) is 6.91. The molecule has 2 aromatic rings. The van der Waals surface area contributed by atoms with Gasteiger partial charge in [-0.3, -0.25) is 4.79 Å². The molecule has 0 bridgehead atoms. The highest BCUT2D eigenvalue weighted by atomic mass is 32.1. The Hall–Kier alpha value is -1.61. The molecule has 0 spiro atoms. The fourth-order valence-electron chi connectivity index (χ4n) is 1.83. The van der Waals surface area contributed by atoms with E-state index in [1.807, 2.05) is 42.8 Å². The van der Waals surface area contributed by atoms with Crippen LogP contribution in [0, 0.1) is 13.8 Å². The highest BCUT2D eigenvalue weighted by molar-refractivity contribution is 7.08. The molecule has 0 aliphatic heterocycles. The van der Waals surface area contributed by atoms with Crippen molar-refractivity contribution in [3.63, 3.8) is 0 Å². The summed E-state index contributed by atoms with van der Waals surface area (Å²) in [6.45, 7) is 4.06. The van der Waals surface area contributed by atoms with Crippen molar-refractivity contribution < 1.29 is 4.79 Å². The van der Waals surface area contributed by atoms with Crippen molar-refractivity contribution >= 4 is 22.9 Å². The zero-order valence-electron chi connectivity index (χ0n) is 9.99. The molecule has 1 amide bonds. The number of amides is 1. The molecule has 0 fully saturated rings. The predicted octanol–water partition coefficient (Wildman–Crippen LogP) is 3.55. The highest BCUT2D eigenvalue weighted by Crippen LogP contribution is 2.14. The lowest BCUT2D eigenvalue weighted by atomic mass is 10.1. The number of hydrogen-bond donors (Lipinski definition) is 1. The number of aryl methyl sites for hydroxylation is 2. The van der Waals surface area contributed by atoms with Gasteiger partial charge in [-0.1, -0.05) is 6.07 Å². The van der Waals surface area contributed by atoms with Crippen molar-refractivity contribution in [3.05, 3.63) is 51.7 Å². The van der Waals surface area contributed by atoms with E-state index in [4.69, 9.17) is 0 Å². The van der Waals surface area contributed by atoms with Gasteiger partial charge in [0.25, 0.3) is 0 Å². The third kappa shape index (κ3) is 3.43. The van der Waals surface area contributed by atoms with Gasteiger partial charge in [-0.25, -0.2) is 0 Å². The van der Waals surface area contributed by atoms with E-state index >= 15 is 0 Å². The molecular formula is C14H15NOS. The van der Waals surface area contributed by atoms with Gasteiger partial charge >= 0.3 is 0 Å². The number of nitrogens with one attached hydrogen (secondary N) is 1. The van der Waals surface area contributed by atoms with Gasteiger partial charge in [0.05, 0.1) is 6.42 Å². The van der Waals surface area contributed by atoms with Gasteiger partial charge in [0.2, 0.25) is 5.91 Å². The molecule has 0 saturated heterocycles. The summed E-state index contributed by atoms with van der Waals surface area (Å²) in [5.41, 5.74) is 4.27. The minimum atomic E-state index is 0.0356. The maximum Gasteiger partial charge on any atom is 0.228 e. The van der Waals surface area contributed by atoms with Crippen LogP contribution < -0.4 is 5.32 Å². The van der Waals surface area contributed by atoms with Crippen molar-refractivity contribution in [2.24, 2.45) is 0 Å². The molecule has 88 valence electrons. The largest absolute Gasteiger partial charge is 0.326 e. The van der Waals surface area contributed by atoms with E-state index in [0.29, 0.717) is 6.42 Å². The first kappa shape index (κ1) is 11.9. The van der Waals surface area contributed by atoms with Crippen LogP contribution >= 0.6 is 11.3 Å². The second-order valence-corrected chi connectivity index (χ2v) is 5.01. The van der Waals surface area contributed by atoms with Crippen LogP contribution in [0.4, 0.5) is 5.69 Å². The number of benzene rings is 1. The van der Waals surface area contributed by atoms with E-state index in [-0.39, 0.29) is 5.91 Å². The van der Waals surface area contributed by atoms with E-state index in [9.17, 15) is 4.79 Å².